The van der Waals surface area contributed by atoms with Gasteiger partial charge in [-0.05, 0) is 49.8 Å². The van der Waals surface area contributed by atoms with Crippen molar-refractivity contribution in [3.8, 4) is 5.75 Å². The van der Waals surface area contributed by atoms with E-state index in [1.165, 1.54) is 5.56 Å². The predicted molar refractivity (Wildman–Crippen MR) is 101 cm³/mol. The van der Waals surface area contributed by atoms with Gasteiger partial charge in [0.05, 0.1) is 0 Å². The van der Waals surface area contributed by atoms with Gasteiger partial charge in [0.1, 0.15) is 5.75 Å². The van der Waals surface area contributed by atoms with Crippen LogP contribution in [0.5, 0.6) is 5.75 Å². The molecular weight excluding hydrogens is 304 g/mol. The van der Waals surface area contributed by atoms with Gasteiger partial charge in [0, 0.05) is 22.1 Å². The summed E-state index contributed by atoms with van der Waals surface area (Å²) in [7, 11) is 0. The lowest BCUT2D eigenvalue weighted by atomic mass is 10.1. The Hall–Kier alpha value is -2.59. The highest BCUT2D eigenvalue weighted by molar-refractivity contribution is 7.80. The number of hydrogen-bond acceptors (Lipinski definition) is 2. The Bertz CT molecular complexity index is 890. The van der Waals surface area contributed by atoms with Gasteiger partial charge in [0.25, 0.3) is 0 Å². The number of benzene rings is 3. The molecule has 23 heavy (non-hydrogen) atoms. The fourth-order valence-corrected chi connectivity index (χ4v) is 2.85. The maximum Gasteiger partial charge on any atom is 0.175 e. The van der Waals surface area contributed by atoms with E-state index in [0.29, 0.717) is 5.11 Å². The quantitative estimate of drug-likeness (QED) is 0.583. The zero-order valence-electron chi connectivity index (χ0n) is 13.1. The van der Waals surface area contributed by atoms with Gasteiger partial charge in [-0.2, -0.15) is 0 Å². The third-order valence-corrected chi connectivity index (χ3v) is 3.98. The summed E-state index contributed by atoms with van der Waals surface area (Å²) in [5.41, 5.74) is 4.21. The summed E-state index contributed by atoms with van der Waals surface area (Å²) in [6.07, 6.45) is 0. The number of anilines is 2. The second-order valence-electron chi connectivity index (χ2n) is 5.58. The Morgan fingerprint density at radius 1 is 0.870 bits per heavy atom. The van der Waals surface area contributed by atoms with Crippen molar-refractivity contribution in [3.63, 3.8) is 0 Å². The topological polar surface area (TPSA) is 44.3 Å². The zero-order chi connectivity index (χ0) is 16.4. The number of thiocarbonyl (C=S) groups is 1. The van der Waals surface area contributed by atoms with Crippen LogP contribution in [0.15, 0.2) is 54.6 Å². The van der Waals surface area contributed by atoms with Crippen molar-refractivity contribution in [1.82, 2.24) is 0 Å². The largest absolute Gasteiger partial charge is 0.507 e. The molecule has 116 valence electrons. The second-order valence-corrected chi connectivity index (χ2v) is 5.98. The molecule has 0 heterocycles. The van der Waals surface area contributed by atoms with Gasteiger partial charge in [-0.3, -0.25) is 0 Å². The van der Waals surface area contributed by atoms with Crippen molar-refractivity contribution in [3.05, 3.63) is 65.7 Å². The highest BCUT2D eigenvalue weighted by Gasteiger charge is 2.06. The van der Waals surface area contributed by atoms with E-state index in [9.17, 15) is 5.11 Å². The zero-order valence-corrected chi connectivity index (χ0v) is 13.9. The Balaban J connectivity index is 1.85. The lowest BCUT2D eigenvalue weighted by Crippen LogP contribution is -2.19. The van der Waals surface area contributed by atoms with Crippen molar-refractivity contribution < 1.29 is 5.11 Å². The van der Waals surface area contributed by atoms with Crippen LogP contribution in [0.4, 0.5) is 11.4 Å². The van der Waals surface area contributed by atoms with Crippen LogP contribution in [0.2, 0.25) is 0 Å². The van der Waals surface area contributed by atoms with Gasteiger partial charge in [-0.1, -0.05) is 42.0 Å². The Labute approximate surface area is 141 Å². The molecule has 0 spiro atoms. The highest BCUT2D eigenvalue weighted by Crippen LogP contribution is 2.30. The molecule has 0 saturated carbocycles. The summed E-state index contributed by atoms with van der Waals surface area (Å²) >= 11 is 5.42. The van der Waals surface area contributed by atoms with Gasteiger partial charge >= 0.3 is 0 Å². The van der Waals surface area contributed by atoms with E-state index in [1.54, 1.807) is 6.07 Å². The molecule has 0 unspecified atom stereocenters. The first-order valence-electron chi connectivity index (χ1n) is 7.40. The van der Waals surface area contributed by atoms with Crippen LogP contribution in [0.3, 0.4) is 0 Å². The summed E-state index contributed by atoms with van der Waals surface area (Å²) in [4.78, 5) is 0. The van der Waals surface area contributed by atoms with Gasteiger partial charge in [-0.15, -0.1) is 0 Å². The van der Waals surface area contributed by atoms with Crippen LogP contribution in [0.1, 0.15) is 11.1 Å². The van der Waals surface area contributed by atoms with E-state index in [-0.39, 0.29) is 5.75 Å². The fraction of sp³-hybridized carbons (Fsp3) is 0.105. The van der Waals surface area contributed by atoms with E-state index in [1.807, 2.05) is 49.4 Å². The van der Waals surface area contributed by atoms with Crippen molar-refractivity contribution in [2.24, 2.45) is 0 Å². The third kappa shape index (κ3) is 3.27. The average Bonchev–Trinajstić information content (AvgIpc) is 2.51. The number of hydrogen-bond donors (Lipinski definition) is 3. The van der Waals surface area contributed by atoms with Gasteiger partial charge < -0.3 is 15.7 Å². The maximum absolute atomic E-state index is 9.95. The maximum atomic E-state index is 9.95. The van der Waals surface area contributed by atoms with Gasteiger partial charge in [-0.25, -0.2) is 0 Å². The van der Waals surface area contributed by atoms with Crippen molar-refractivity contribution in [2.75, 3.05) is 10.6 Å². The third-order valence-electron chi connectivity index (χ3n) is 3.78. The summed E-state index contributed by atoms with van der Waals surface area (Å²) in [6.45, 7) is 4.11. The minimum Gasteiger partial charge on any atom is -0.507 e. The molecule has 0 bridgehead atoms. The smallest absolute Gasteiger partial charge is 0.175 e. The van der Waals surface area contributed by atoms with E-state index >= 15 is 0 Å². The fourth-order valence-electron chi connectivity index (χ4n) is 2.63. The number of phenolic OH excluding ortho intramolecular Hbond substituents is 1. The van der Waals surface area contributed by atoms with E-state index in [2.05, 4.69) is 23.6 Å². The average molecular weight is 322 g/mol. The molecule has 0 amide bonds. The minimum absolute atomic E-state index is 0.263. The first-order chi connectivity index (χ1) is 11.0. The minimum atomic E-state index is 0.263. The number of fused-ring (bicyclic) bond motifs is 1. The number of rotatable bonds is 2. The molecule has 0 aliphatic rings. The predicted octanol–water partition coefficient (Wildman–Crippen LogP) is 4.97. The van der Waals surface area contributed by atoms with E-state index < -0.39 is 0 Å². The molecule has 3 aromatic carbocycles. The Morgan fingerprint density at radius 2 is 1.57 bits per heavy atom. The molecule has 0 aliphatic carbocycles. The summed E-state index contributed by atoms with van der Waals surface area (Å²) in [5, 5.41) is 18.6. The van der Waals surface area contributed by atoms with Crippen LogP contribution in [0.25, 0.3) is 10.8 Å². The molecule has 0 fully saturated rings. The molecule has 0 saturated heterocycles. The van der Waals surface area contributed by atoms with Crippen LogP contribution in [0, 0.1) is 13.8 Å². The van der Waals surface area contributed by atoms with E-state index in [4.69, 9.17) is 12.2 Å². The first kappa shape index (κ1) is 15.3. The summed E-state index contributed by atoms with van der Waals surface area (Å²) < 4.78 is 0. The molecule has 0 aromatic heterocycles. The Kier molecular flexibility index (Phi) is 4.17. The molecule has 0 radical (unpaired) electrons. The summed E-state index contributed by atoms with van der Waals surface area (Å²) in [5.74, 6) is 0.263. The number of aromatic hydroxyl groups is 1. The van der Waals surface area contributed by atoms with Crippen LogP contribution in [-0.4, -0.2) is 10.2 Å². The number of nitrogens with one attached hydrogen (secondary N) is 2. The van der Waals surface area contributed by atoms with Crippen LogP contribution >= 0.6 is 12.2 Å². The molecule has 3 aromatic rings. The first-order valence-corrected chi connectivity index (χ1v) is 7.81. The van der Waals surface area contributed by atoms with Crippen molar-refractivity contribution in [1.29, 1.82) is 0 Å². The lowest BCUT2D eigenvalue weighted by Gasteiger charge is -2.14. The molecule has 3 N–H and O–H groups in total. The molecule has 0 aliphatic heterocycles. The SMILES string of the molecule is Cc1ccc(NC(=S)Nc2cccc3c(O)cccc23)c(C)c1. The monoisotopic (exact) mass is 322 g/mol. The summed E-state index contributed by atoms with van der Waals surface area (Å²) in [6, 6.07) is 17.4. The van der Waals surface area contributed by atoms with Crippen LogP contribution in [-0.2, 0) is 0 Å². The molecule has 3 nitrogen and oxygen atoms in total. The molecule has 3 rings (SSSR count). The lowest BCUT2D eigenvalue weighted by molar-refractivity contribution is 0.481. The normalized spacial score (nSPS) is 10.5. The number of aryl methyl sites for hydroxylation is 2. The van der Waals surface area contributed by atoms with Gasteiger partial charge in [0.15, 0.2) is 5.11 Å². The standard InChI is InChI=1S/C19H18N2OS/c1-12-9-10-16(13(2)11-12)20-19(23)21-17-7-3-6-15-14(17)5-4-8-18(15)22/h3-11,22H,1-2H3,(H2,20,21,23). The van der Waals surface area contributed by atoms with Crippen molar-refractivity contribution in [2.45, 2.75) is 13.8 Å². The molecule has 4 heteroatoms. The molecule has 0 atom stereocenters. The van der Waals surface area contributed by atoms with Crippen LogP contribution < -0.4 is 10.6 Å². The molecular formula is C19H18N2OS. The highest BCUT2D eigenvalue weighted by atomic mass is 32.1. The van der Waals surface area contributed by atoms with Crippen molar-refractivity contribution >= 4 is 39.5 Å². The van der Waals surface area contributed by atoms with E-state index in [0.717, 1.165) is 27.7 Å². The Morgan fingerprint density at radius 3 is 2.35 bits per heavy atom. The van der Waals surface area contributed by atoms with Gasteiger partial charge in [0.2, 0.25) is 0 Å². The number of phenols is 1. The second kappa shape index (κ2) is 6.26.